The fraction of sp³-hybridized carbons (Fsp3) is 0.143. The summed E-state index contributed by atoms with van der Waals surface area (Å²) in [6, 6.07) is 13.4. The molecule has 3 heterocycles. The van der Waals surface area contributed by atoms with E-state index in [4.69, 9.17) is 4.74 Å². The van der Waals surface area contributed by atoms with Gasteiger partial charge in [-0.05, 0) is 48.7 Å². The number of amides is 1. The zero-order valence-corrected chi connectivity index (χ0v) is 17.1. The fourth-order valence-corrected chi connectivity index (χ4v) is 4.22. The van der Waals surface area contributed by atoms with Crippen LogP contribution in [0.3, 0.4) is 0 Å². The molecule has 0 fully saturated rings. The number of carbonyl (C=O) groups is 1. The number of thiophene rings is 1. The van der Waals surface area contributed by atoms with Gasteiger partial charge < -0.3 is 14.6 Å². The molecule has 0 bridgehead atoms. The highest BCUT2D eigenvalue weighted by Gasteiger charge is 2.21. The molecule has 1 amide bonds. The van der Waals surface area contributed by atoms with E-state index in [0.717, 1.165) is 32.6 Å². The Morgan fingerprint density at radius 1 is 1.21 bits per heavy atom. The van der Waals surface area contributed by atoms with Gasteiger partial charge in [0.05, 0.1) is 24.4 Å². The highest BCUT2D eigenvalue weighted by molar-refractivity contribution is 7.10. The van der Waals surface area contributed by atoms with E-state index in [9.17, 15) is 4.79 Å². The summed E-state index contributed by atoms with van der Waals surface area (Å²) in [5.74, 6) is 0.671. The number of hydrogen-bond acceptors (Lipinski definition) is 5. The van der Waals surface area contributed by atoms with Crippen molar-refractivity contribution in [1.82, 2.24) is 9.97 Å². The van der Waals surface area contributed by atoms with Crippen molar-refractivity contribution < 1.29 is 9.53 Å². The van der Waals surface area contributed by atoms with Gasteiger partial charge in [0, 0.05) is 27.7 Å². The number of hydrogen-bond donors (Lipinski definition) is 1. The highest BCUT2D eigenvalue weighted by Crippen LogP contribution is 2.27. The lowest BCUT2D eigenvalue weighted by Gasteiger charge is -2.22. The molecule has 4 aromatic rings. The van der Waals surface area contributed by atoms with Gasteiger partial charge in [0.2, 0.25) is 0 Å². The van der Waals surface area contributed by atoms with Gasteiger partial charge in [-0.25, -0.2) is 4.98 Å². The van der Waals surface area contributed by atoms with Crippen LogP contribution in [0, 0.1) is 6.92 Å². The van der Waals surface area contributed by atoms with Gasteiger partial charge in [-0.3, -0.25) is 4.79 Å². The number of aryl methyl sites for hydroxylation is 1. The molecule has 0 spiro atoms. The van der Waals surface area contributed by atoms with Crippen molar-refractivity contribution in [3.63, 3.8) is 0 Å². The third kappa shape index (κ3) is 3.85. The van der Waals surface area contributed by atoms with E-state index in [1.54, 1.807) is 34.7 Å². The zero-order valence-electron chi connectivity index (χ0n) is 15.5. The second-order valence-corrected chi connectivity index (χ2v) is 8.32. The molecule has 0 aliphatic carbocycles. The maximum atomic E-state index is 13.3. The lowest BCUT2D eigenvalue weighted by molar-refractivity contribution is 0.0981. The number of aromatic amines is 1. The van der Waals surface area contributed by atoms with E-state index in [2.05, 4.69) is 9.97 Å². The Labute approximate surface area is 171 Å². The van der Waals surface area contributed by atoms with Crippen molar-refractivity contribution in [2.24, 2.45) is 0 Å². The summed E-state index contributed by atoms with van der Waals surface area (Å²) in [7, 11) is 1.63. The van der Waals surface area contributed by atoms with Crippen molar-refractivity contribution >= 4 is 34.3 Å². The van der Waals surface area contributed by atoms with Crippen molar-refractivity contribution in [3.8, 4) is 17.0 Å². The normalized spacial score (nSPS) is 10.8. The van der Waals surface area contributed by atoms with E-state index in [0.29, 0.717) is 12.2 Å². The Balaban J connectivity index is 1.65. The van der Waals surface area contributed by atoms with Crippen molar-refractivity contribution in [2.75, 3.05) is 12.0 Å². The third-order valence-corrected chi connectivity index (χ3v) is 5.99. The molecule has 0 aliphatic rings. The van der Waals surface area contributed by atoms with E-state index in [1.165, 1.54) is 0 Å². The summed E-state index contributed by atoms with van der Waals surface area (Å²) < 4.78 is 5.24. The van der Waals surface area contributed by atoms with Crippen molar-refractivity contribution in [3.05, 3.63) is 75.0 Å². The number of H-pyrrole nitrogens is 1. The third-order valence-electron chi connectivity index (χ3n) is 4.35. The van der Waals surface area contributed by atoms with Crippen LogP contribution < -0.4 is 9.64 Å². The van der Waals surface area contributed by atoms with Crippen LogP contribution in [0.4, 0.5) is 5.69 Å². The Bertz CT molecular complexity index is 1070. The smallest absolute Gasteiger partial charge is 0.275 e. The largest absolute Gasteiger partial charge is 0.497 e. The molecule has 0 unspecified atom stereocenters. The molecule has 7 heteroatoms. The van der Waals surface area contributed by atoms with Crippen LogP contribution in [0.25, 0.3) is 11.3 Å². The number of nitrogens with one attached hydrogen (secondary N) is 1. The molecule has 28 heavy (non-hydrogen) atoms. The van der Waals surface area contributed by atoms with E-state index in [-0.39, 0.29) is 5.91 Å². The van der Waals surface area contributed by atoms with Gasteiger partial charge in [-0.1, -0.05) is 6.07 Å². The molecule has 0 atom stereocenters. The maximum absolute atomic E-state index is 13.3. The molecule has 4 rings (SSSR count). The Kier molecular flexibility index (Phi) is 5.27. The first kappa shape index (κ1) is 18.5. The summed E-state index contributed by atoms with van der Waals surface area (Å²) in [5, 5.41) is 5.02. The molecule has 0 aliphatic heterocycles. The fourth-order valence-electron chi connectivity index (χ4n) is 2.91. The first-order valence-electron chi connectivity index (χ1n) is 8.73. The summed E-state index contributed by atoms with van der Waals surface area (Å²) in [6.07, 6.45) is 1.83. The lowest BCUT2D eigenvalue weighted by Crippen LogP contribution is -2.30. The minimum Gasteiger partial charge on any atom is -0.497 e. The molecule has 3 aromatic heterocycles. The van der Waals surface area contributed by atoms with Gasteiger partial charge in [-0.2, -0.15) is 0 Å². The Morgan fingerprint density at radius 3 is 2.68 bits per heavy atom. The second kappa shape index (κ2) is 8.00. The summed E-state index contributed by atoms with van der Waals surface area (Å²) in [5.41, 5.74) is 3.15. The predicted molar refractivity (Wildman–Crippen MR) is 114 cm³/mol. The number of nitrogens with zero attached hydrogens (tertiary/aromatic N) is 2. The first-order chi connectivity index (χ1) is 13.6. The molecular formula is C21H19N3O2S2. The van der Waals surface area contributed by atoms with Gasteiger partial charge >= 0.3 is 0 Å². The number of methoxy groups -OCH3 is 1. The van der Waals surface area contributed by atoms with E-state index in [1.807, 2.05) is 66.3 Å². The number of aromatic nitrogens is 2. The first-order valence-corrected chi connectivity index (χ1v) is 10.5. The predicted octanol–water partition coefficient (Wildman–Crippen LogP) is 5.36. The average Bonchev–Trinajstić information content (AvgIpc) is 3.47. The molecular weight excluding hydrogens is 390 g/mol. The standard InChI is InChI=1S/C21H19N3O2S2/c1-14-23-20(13-28-14)15-10-19(22-11-15)21(25)24(12-18-4-3-9-27-18)16-5-7-17(26-2)8-6-16/h3-11,13,22H,12H2,1-2H3. The summed E-state index contributed by atoms with van der Waals surface area (Å²) in [4.78, 5) is 23.8. The number of anilines is 1. The van der Waals surface area contributed by atoms with Crippen LogP contribution in [0.5, 0.6) is 5.75 Å². The number of carbonyl (C=O) groups excluding carboxylic acids is 1. The van der Waals surface area contributed by atoms with Gasteiger partial charge in [0.15, 0.2) is 0 Å². The van der Waals surface area contributed by atoms with Crippen LogP contribution in [0.15, 0.2) is 59.4 Å². The quantitative estimate of drug-likeness (QED) is 0.466. The molecule has 1 aromatic carbocycles. The van der Waals surface area contributed by atoms with Crippen molar-refractivity contribution in [2.45, 2.75) is 13.5 Å². The topological polar surface area (TPSA) is 58.2 Å². The van der Waals surface area contributed by atoms with Crippen molar-refractivity contribution in [1.29, 1.82) is 0 Å². The van der Waals surface area contributed by atoms with E-state index < -0.39 is 0 Å². The minimum atomic E-state index is -0.0863. The number of benzene rings is 1. The molecule has 1 N–H and O–H groups in total. The van der Waals surface area contributed by atoms with Gasteiger partial charge in [0.1, 0.15) is 11.4 Å². The Hall–Kier alpha value is -2.90. The van der Waals surface area contributed by atoms with Gasteiger partial charge in [0.25, 0.3) is 5.91 Å². The number of ether oxygens (including phenoxy) is 1. The SMILES string of the molecule is COc1ccc(N(Cc2cccs2)C(=O)c2cc(-c3csc(C)n3)c[nH]2)cc1. The minimum absolute atomic E-state index is 0.0863. The monoisotopic (exact) mass is 409 g/mol. The molecule has 0 radical (unpaired) electrons. The van der Waals surface area contributed by atoms with Gasteiger partial charge in [-0.15, -0.1) is 22.7 Å². The van der Waals surface area contributed by atoms with Crippen LogP contribution in [0.1, 0.15) is 20.4 Å². The molecule has 0 saturated heterocycles. The molecule has 142 valence electrons. The lowest BCUT2D eigenvalue weighted by atomic mass is 10.2. The Morgan fingerprint density at radius 2 is 2.04 bits per heavy atom. The summed E-state index contributed by atoms with van der Waals surface area (Å²) in [6.45, 7) is 2.48. The molecule has 0 saturated carbocycles. The molecule has 5 nitrogen and oxygen atoms in total. The van der Waals surface area contributed by atoms with Crippen LogP contribution in [-0.2, 0) is 6.54 Å². The maximum Gasteiger partial charge on any atom is 0.275 e. The highest BCUT2D eigenvalue weighted by atomic mass is 32.1. The zero-order chi connectivity index (χ0) is 19.5. The van der Waals surface area contributed by atoms with Crippen LogP contribution >= 0.6 is 22.7 Å². The number of rotatable bonds is 6. The average molecular weight is 410 g/mol. The van der Waals surface area contributed by atoms with E-state index >= 15 is 0 Å². The summed E-state index contributed by atoms with van der Waals surface area (Å²) >= 11 is 3.23. The number of thiazole rings is 1. The van der Waals surface area contributed by atoms with Crippen LogP contribution in [0.2, 0.25) is 0 Å². The van der Waals surface area contributed by atoms with Crippen LogP contribution in [-0.4, -0.2) is 23.0 Å². The second-order valence-electron chi connectivity index (χ2n) is 6.22.